The van der Waals surface area contributed by atoms with Crippen LogP contribution in [0.25, 0.3) is 11.4 Å². The minimum Gasteiger partial charge on any atom is -0.350 e. The molecule has 0 aliphatic rings. The first-order chi connectivity index (χ1) is 13.7. The molecule has 0 spiro atoms. The van der Waals surface area contributed by atoms with Crippen LogP contribution in [0.2, 0.25) is 5.02 Å². The molecule has 0 saturated carbocycles. The lowest BCUT2D eigenvalue weighted by Gasteiger charge is -2.07. The van der Waals surface area contributed by atoms with Gasteiger partial charge >= 0.3 is 0 Å². The monoisotopic (exact) mass is 388 g/mol. The normalized spacial score (nSPS) is 10.6. The molecule has 138 valence electrons. The van der Waals surface area contributed by atoms with Crippen molar-refractivity contribution in [1.29, 1.82) is 0 Å². The van der Waals surface area contributed by atoms with Crippen molar-refractivity contribution < 1.29 is 4.79 Å². The molecule has 1 heterocycles. The van der Waals surface area contributed by atoms with E-state index in [1.54, 1.807) is 12.1 Å². The molecule has 0 saturated heterocycles. The molecule has 0 fully saturated rings. The second-order valence-corrected chi connectivity index (χ2v) is 6.63. The SMILES string of the molecule is O=C(c1ccccc1)n1nc(-c2ccccc2)nc1NCc1cccc(Cl)c1. The number of halogens is 1. The maximum atomic E-state index is 13.0. The Morgan fingerprint density at radius 2 is 1.64 bits per heavy atom. The molecule has 0 aliphatic carbocycles. The second-order valence-electron chi connectivity index (χ2n) is 6.19. The van der Waals surface area contributed by atoms with Gasteiger partial charge in [0.25, 0.3) is 5.91 Å². The van der Waals surface area contributed by atoms with Crippen LogP contribution in [0, 0.1) is 0 Å². The highest BCUT2D eigenvalue weighted by Gasteiger charge is 2.18. The van der Waals surface area contributed by atoms with Gasteiger partial charge in [0.15, 0.2) is 5.82 Å². The highest BCUT2D eigenvalue weighted by Crippen LogP contribution is 2.20. The molecular weight excluding hydrogens is 372 g/mol. The van der Waals surface area contributed by atoms with Crippen molar-refractivity contribution in [3.05, 3.63) is 101 Å². The maximum Gasteiger partial charge on any atom is 0.281 e. The summed E-state index contributed by atoms with van der Waals surface area (Å²) in [4.78, 5) is 17.5. The number of carbonyl (C=O) groups excluding carboxylic acids is 1. The largest absolute Gasteiger partial charge is 0.350 e. The molecule has 28 heavy (non-hydrogen) atoms. The van der Waals surface area contributed by atoms with Crippen LogP contribution in [-0.4, -0.2) is 20.7 Å². The molecule has 4 aromatic rings. The molecule has 0 bridgehead atoms. The Balaban J connectivity index is 1.68. The van der Waals surface area contributed by atoms with Gasteiger partial charge < -0.3 is 5.32 Å². The highest BCUT2D eigenvalue weighted by atomic mass is 35.5. The van der Waals surface area contributed by atoms with E-state index in [2.05, 4.69) is 15.4 Å². The van der Waals surface area contributed by atoms with Gasteiger partial charge in [0.2, 0.25) is 5.95 Å². The van der Waals surface area contributed by atoms with E-state index in [9.17, 15) is 4.79 Å². The van der Waals surface area contributed by atoms with Crippen molar-refractivity contribution in [3.63, 3.8) is 0 Å². The zero-order chi connectivity index (χ0) is 19.3. The van der Waals surface area contributed by atoms with Crippen molar-refractivity contribution in [2.45, 2.75) is 6.54 Å². The molecule has 4 rings (SSSR count). The van der Waals surface area contributed by atoms with E-state index in [1.165, 1.54) is 4.68 Å². The summed E-state index contributed by atoms with van der Waals surface area (Å²) in [6.07, 6.45) is 0. The second kappa shape index (κ2) is 8.06. The number of hydrogen-bond acceptors (Lipinski definition) is 4. The Kier molecular flexibility index (Phi) is 5.17. The summed E-state index contributed by atoms with van der Waals surface area (Å²) in [6.45, 7) is 0.468. The third-order valence-corrected chi connectivity index (χ3v) is 4.43. The van der Waals surface area contributed by atoms with E-state index >= 15 is 0 Å². The Bertz CT molecular complexity index is 1090. The summed E-state index contributed by atoms with van der Waals surface area (Å²) >= 11 is 6.06. The summed E-state index contributed by atoms with van der Waals surface area (Å²) in [5.41, 5.74) is 2.36. The van der Waals surface area contributed by atoms with Gasteiger partial charge in [0.05, 0.1) is 0 Å². The van der Waals surface area contributed by atoms with Gasteiger partial charge in [-0.25, -0.2) is 0 Å². The Labute approximate surface area is 167 Å². The number of aromatic nitrogens is 3. The quantitative estimate of drug-likeness (QED) is 0.528. The van der Waals surface area contributed by atoms with E-state index < -0.39 is 0 Å². The lowest BCUT2D eigenvalue weighted by atomic mass is 10.2. The maximum absolute atomic E-state index is 13.0. The lowest BCUT2D eigenvalue weighted by Crippen LogP contribution is -2.17. The van der Waals surface area contributed by atoms with Crippen molar-refractivity contribution in [1.82, 2.24) is 14.8 Å². The Morgan fingerprint density at radius 3 is 2.36 bits per heavy atom. The fourth-order valence-corrected chi connectivity index (χ4v) is 3.02. The number of nitrogens with one attached hydrogen (secondary N) is 1. The van der Waals surface area contributed by atoms with Gasteiger partial charge in [-0.15, -0.1) is 5.10 Å². The molecule has 0 aliphatic heterocycles. The van der Waals surface area contributed by atoms with Crippen LogP contribution in [0.15, 0.2) is 84.9 Å². The highest BCUT2D eigenvalue weighted by molar-refractivity contribution is 6.30. The number of nitrogens with zero attached hydrogens (tertiary/aromatic N) is 3. The lowest BCUT2D eigenvalue weighted by molar-refractivity contribution is 0.0947. The number of anilines is 1. The third kappa shape index (κ3) is 3.94. The molecule has 0 unspecified atom stereocenters. The van der Waals surface area contributed by atoms with Gasteiger partial charge in [0, 0.05) is 22.7 Å². The molecule has 0 amide bonds. The first-order valence-corrected chi connectivity index (χ1v) is 9.19. The topological polar surface area (TPSA) is 59.8 Å². The summed E-state index contributed by atoms with van der Waals surface area (Å²) < 4.78 is 1.31. The average molecular weight is 389 g/mol. The Hall–Kier alpha value is -3.44. The predicted molar refractivity (Wildman–Crippen MR) is 110 cm³/mol. The molecule has 3 aromatic carbocycles. The van der Waals surface area contributed by atoms with Crippen LogP contribution in [0.4, 0.5) is 5.95 Å². The molecular formula is C22H17ClN4O. The molecule has 0 radical (unpaired) electrons. The van der Waals surface area contributed by atoms with Gasteiger partial charge in [-0.2, -0.15) is 9.67 Å². The minimum atomic E-state index is -0.246. The molecule has 0 atom stereocenters. The van der Waals surface area contributed by atoms with Crippen LogP contribution >= 0.6 is 11.6 Å². The van der Waals surface area contributed by atoms with Crippen LogP contribution < -0.4 is 5.32 Å². The Morgan fingerprint density at radius 1 is 0.929 bits per heavy atom. The molecule has 5 nitrogen and oxygen atoms in total. The number of carbonyl (C=O) groups is 1. The van der Waals surface area contributed by atoms with E-state index in [0.29, 0.717) is 28.9 Å². The number of hydrogen-bond donors (Lipinski definition) is 1. The zero-order valence-electron chi connectivity index (χ0n) is 14.9. The molecule has 6 heteroatoms. The van der Waals surface area contributed by atoms with Crippen molar-refractivity contribution in [2.24, 2.45) is 0 Å². The van der Waals surface area contributed by atoms with Crippen molar-refractivity contribution in [2.75, 3.05) is 5.32 Å². The van der Waals surface area contributed by atoms with Crippen LogP contribution in [0.3, 0.4) is 0 Å². The predicted octanol–water partition coefficient (Wildman–Crippen LogP) is 4.90. The van der Waals surface area contributed by atoms with E-state index in [0.717, 1.165) is 11.1 Å². The fourth-order valence-electron chi connectivity index (χ4n) is 2.81. The number of benzene rings is 3. The van der Waals surface area contributed by atoms with Crippen LogP contribution in [-0.2, 0) is 6.54 Å². The van der Waals surface area contributed by atoms with E-state index in [1.807, 2.05) is 72.8 Å². The summed E-state index contributed by atoms with van der Waals surface area (Å²) in [5, 5.41) is 8.32. The van der Waals surface area contributed by atoms with Gasteiger partial charge in [-0.05, 0) is 29.8 Å². The van der Waals surface area contributed by atoms with E-state index in [-0.39, 0.29) is 5.91 Å². The summed E-state index contributed by atoms with van der Waals surface area (Å²) in [7, 11) is 0. The van der Waals surface area contributed by atoms with E-state index in [4.69, 9.17) is 11.6 Å². The summed E-state index contributed by atoms with van der Waals surface area (Å²) in [5.74, 6) is 0.620. The van der Waals surface area contributed by atoms with Gasteiger partial charge in [-0.3, -0.25) is 4.79 Å². The van der Waals surface area contributed by atoms with Crippen molar-refractivity contribution in [3.8, 4) is 11.4 Å². The first kappa shape index (κ1) is 17.9. The zero-order valence-corrected chi connectivity index (χ0v) is 15.7. The third-order valence-electron chi connectivity index (χ3n) is 4.19. The van der Waals surface area contributed by atoms with Crippen LogP contribution in [0.1, 0.15) is 15.9 Å². The van der Waals surface area contributed by atoms with Gasteiger partial charge in [-0.1, -0.05) is 72.3 Å². The number of rotatable bonds is 5. The molecule has 1 N–H and O–H groups in total. The van der Waals surface area contributed by atoms with Crippen molar-refractivity contribution >= 4 is 23.5 Å². The smallest absolute Gasteiger partial charge is 0.281 e. The van der Waals surface area contributed by atoms with Gasteiger partial charge in [0.1, 0.15) is 0 Å². The standard InChI is InChI=1S/C22H17ClN4O/c23-19-13-7-8-16(14-19)15-24-22-25-20(17-9-3-1-4-10-17)26-27(22)21(28)18-11-5-2-6-12-18/h1-14H,15H2,(H,24,25,26). The van der Waals surface area contributed by atoms with Crippen LogP contribution in [0.5, 0.6) is 0 Å². The minimum absolute atomic E-state index is 0.246. The average Bonchev–Trinajstić information content (AvgIpc) is 3.17. The first-order valence-electron chi connectivity index (χ1n) is 8.81. The summed E-state index contributed by atoms with van der Waals surface area (Å²) in [6, 6.07) is 26.1. The molecule has 1 aromatic heterocycles. The fraction of sp³-hybridized carbons (Fsp3) is 0.0455.